The van der Waals surface area contributed by atoms with Crippen LogP contribution in [0.2, 0.25) is 5.02 Å². The molecular weight excluding hydrogens is 304 g/mol. The van der Waals surface area contributed by atoms with Crippen molar-refractivity contribution in [3.05, 3.63) is 53.6 Å². The summed E-state index contributed by atoms with van der Waals surface area (Å²) in [6.45, 7) is 0. The number of hydrogen-bond donors (Lipinski definition) is 2. The fourth-order valence-corrected chi connectivity index (χ4v) is 2.36. The highest BCUT2D eigenvalue weighted by molar-refractivity contribution is 6.30. The van der Waals surface area contributed by atoms with Gasteiger partial charge in [-0.15, -0.1) is 0 Å². The van der Waals surface area contributed by atoms with E-state index in [0.717, 1.165) is 0 Å². The van der Waals surface area contributed by atoms with Crippen LogP contribution in [-0.2, 0) is 9.59 Å². The Morgan fingerprint density at radius 1 is 1.23 bits per heavy atom. The molecule has 0 aromatic heterocycles. The Morgan fingerprint density at radius 2 is 2.05 bits per heavy atom. The quantitative estimate of drug-likeness (QED) is 0.914. The van der Waals surface area contributed by atoms with Crippen LogP contribution in [0.5, 0.6) is 5.75 Å². The number of carbonyl (C=O) groups is 2. The topological polar surface area (TPSA) is 67.4 Å². The van der Waals surface area contributed by atoms with E-state index in [-0.39, 0.29) is 18.2 Å². The number of anilines is 2. The molecular formula is C16H13ClN2O3. The number of ether oxygens (including phenoxy) is 1. The number of rotatable bonds is 3. The van der Waals surface area contributed by atoms with Gasteiger partial charge in [-0.1, -0.05) is 29.8 Å². The third kappa shape index (κ3) is 3.20. The van der Waals surface area contributed by atoms with Crippen molar-refractivity contribution in [3.63, 3.8) is 0 Å². The second kappa shape index (κ2) is 6.07. The summed E-state index contributed by atoms with van der Waals surface area (Å²) in [7, 11) is 0. The summed E-state index contributed by atoms with van der Waals surface area (Å²) in [6, 6.07) is 13.9. The maximum Gasteiger partial charge on any atom is 0.266 e. The molecule has 0 spiro atoms. The van der Waals surface area contributed by atoms with Crippen molar-refractivity contribution in [2.24, 2.45) is 0 Å². The van der Waals surface area contributed by atoms with Gasteiger partial charge in [0.15, 0.2) is 6.10 Å². The molecule has 0 aliphatic carbocycles. The van der Waals surface area contributed by atoms with E-state index in [0.29, 0.717) is 22.1 Å². The van der Waals surface area contributed by atoms with Crippen LogP contribution >= 0.6 is 11.6 Å². The fraction of sp³-hybridized carbons (Fsp3) is 0.125. The SMILES string of the molecule is O=C(C[C@@H]1Oc2ccccc2NC1=O)Nc1cccc(Cl)c1. The molecule has 0 fully saturated rings. The number of amides is 2. The Kier molecular flexibility index (Phi) is 3.98. The molecule has 2 aromatic carbocycles. The van der Waals surface area contributed by atoms with E-state index in [9.17, 15) is 9.59 Å². The molecule has 0 saturated heterocycles. The Labute approximate surface area is 132 Å². The van der Waals surface area contributed by atoms with Gasteiger partial charge in [-0.25, -0.2) is 0 Å². The van der Waals surface area contributed by atoms with E-state index in [1.165, 1.54) is 0 Å². The second-order valence-electron chi connectivity index (χ2n) is 4.85. The summed E-state index contributed by atoms with van der Waals surface area (Å²) in [5.74, 6) is -0.0932. The van der Waals surface area contributed by atoms with Gasteiger partial charge in [0.25, 0.3) is 5.91 Å². The van der Waals surface area contributed by atoms with Crippen molar-refractivity contribution in [2.75, 3.05) is 10.6 Å². The first-order valence-corrected chi connectivity index (χ1v) is 7.11. The van der Waals surface area contributed by atoms with Gasteiger partial charge in [0.05, 0.1) is 12.1 Å². The van der Waals surface area contributed by atoms with Crippen LogP contribution in [0.4, 0.5) is 11.4 Å². The zero-order chi connectivity index (χ0) is 15.5. The summed E-state index contributed by atoms with van der Waals surface area (Å²) >= 11 is 5.86. The van der Waals surface area contributed by atoms with Gasteiger partial charge in [0.2, 0.25) is 5.91 Å². The van der Waals surface area contributed by atoms with Crippen molar-refractivity contribution >= 4 is 34.8 Å². The molecule has 112 valence electrons. The number of fused-ring (bicyclic) bond motifs is 1. The predicted octanol–water partition coefficient (Wildman–Crippen LogP) is 3.07. The lowest BCUT2D eigenvalue weighted by Crippen LogP contribution is -2.39. The summed E-state index contributed by atoms with van der Waals surface area (Å²) in [6.07, 6.45) is -0.929. The fourth-order valence-electron chi connectivity index (χ4n) is 2.17. The Hall–Kier alpha value is -2.53. The van der Waals surface area contributed by atoms with Crippen LogP contribution in [0.15, 0.2) is 48.5 Å². The Morgan fingerprint density at radius 3 is 2.86 bits per heavy atom. The van der Waals surface area contributed by atoms with Crippen molar-refractivity contribution < 1.29 is 14.3 Å². The number of halogens is 1. The predicted molar refractivity (Wildman–Crippen MR) is 84.2 cm³/mol. The first-order valence-electron chi connectivity index (χ1n) is 6.74. The second-order valence-corrected chi connectivity index (χ2v) is 5.29. The van der Waals surface area contributed by atoms with Crippen LogP contribution in [0, 0.1) is 0 Å². The Balaban J connectivity index is 1.66. The summed E-state index contributed by atoms with van der Waals surface area (Å²) in [5.41, 5.74) is 1.19. The number of nitrogens with one attached hydrogen (secondary N) is 2. The maximum atomic E-state index is 12.0. The molecule has 0 bridgehead atoms. The molecule has 2 N–H and O–H groups in total. The molecule has 1 heterocycles. The highest BCUT2D eigenvalue weighted by Crippen LogP contribution is 2.29. The maximum absolute atomic E-state index is 12.0. The van der Waals surface area contributed by atoms with Gasteiger partial charge in [-0.2, -0.15) is 0 Å². The first-order chi connectivity index (χ1) is 10.6. The number of hydrogen-bond acceptors (Lipinski definition) is 3. The summed E-state index contributed by atoms with van der Waals surface area (Å²) in [4.78, 5) is 24.0. The van der Waals surface area contributed by atoms with Gasteiger partial charge in [-0.05, 0) is 30.3 Å². The molecule has 22 heavy (non-hydrogen) atoms. The molecule has 6 heteroatoms. The van der Waals surface area contributed by atoms with Gasteiger partial charge in [0.1, 0.15) is 5.75 Å². The molecule has 0 saturated carbocycles. The minimum absolute atomic E-state index is 0.0767. The number of benzene rings is 2. The van der Waals surface area contributed by atoms with Crippen LogP contribution in [0.1, 0.15) is 6.42 Å². The van der Waals surface area contributed by atoms with Gasteiger partial charge in [-0.3, -0.25) is 9.59 Å². The van der Waals surface area contributed by atoms with E-state index in [2.05, 4.69) is 10.6 Å². The third-order valence-electron chi connectivity index (χ3n) is 3.19. The zero-order valence-corrected chi connectivity index (χ0v) is 12.3. The molecule has 2 aromatic rings. The minimum Gasteiger partial charge on any atom is -0.478 e. The number of para-hydroxylation sites is 2. The highest BCUT2D eigenvalue weighted by atomic mass is 35.5. The monoisotopic (exact) mass is 316 g/mol. The van der Waals surface area contributed by atoms with Gasteiger partial charge in [0, 0.05) is 10.7 Å². The number of carbonyl (C=O) groups excluding carboxylic acids is 2. The van der Waals surface area contributed by atoms with Crippen LogP contribution in [-0.4, -0.2) is 17.9 Å². The summed E-state index contributed by atoms with van der Waals surface area (Å²) < 4.78 is 5.58. The lowest BCUT2D eigenvalue weighted by Gasteiger charge is -2.25. The largest absolute Gasteiger partial charge is 0.478 e. The van der Waals surface area contributed by atoms with Crippen molar-refractivity contribution in [1.29, 1.82) is 0 Å². The van der Waals surface area contributed by atoms with Crippen LogP contribution < -0.4 is 15.4 Å². The third-order valence-corrected chi connectivity index (χ3v) is 3.42. The molecule has 0 unspecified atom stereocenters. The van der Waals surface area contributed by atoms with Gasteiger partial charge >= 0.3 is 0 Å². The van der Waals surface area contributed by atoms with Crippen LogP contribution in [0.25, 0.3) is 0 Å². The Bertz CT molecular complexity index is 733. The highest BCUT2D eigenvalue weighted by Gasteiger charge is 2.29. The molecule has 2 amide bonds. The van der Waals surface area contributed by atoms with E-state index in [4.69, 9.17) is 16.3 Å². The van der Waals surface area contributed by atoms with Crippen molar-refractivity contribution in [2.45, 2.75) is 12.5 Å². The normalized spacial score (nSPS) is 16.2. The minimum atomic E-state index is -0.853. The molecule has 0 radical (unpaired) electrons. The van der Waals surface area contributed by atoms with E-state index in [1.54, 1.807) is 48.5 Å². The molecule has 1 aliphatic rings. The molecule has 1 atom stereocenters. The standard InChI is InChI=1S/C16H13ClN2O3/c17-10-4-3-5-11(8-10)18-15(20)9-14-16(21)19-12-6-1-2-7-13(12)22-14/h1-8,14H,9H2,(H,18,20)(H,19,21)/t14-/m0/s1. The van der Waals surface area contributed by atoms with Crippen LogP contribution in [0.3, 0.4) is 0 Å². The lowest BCUT2D eigenvalue weighted by molar-refractivity contribution is -0.128. The van der Waals surface area contributed by atoms with Crippen molar-refractivity contribution in [3.8, 4) is 5.75 Å². The zero-order valence-electron chi connectivity index (χ0n) is 11.5. The smallest absolute Gasteiger partial charge is 0.266 e. The van der Waals surface area contributed by atoms with Crippen molar-refractivity contribution in [1.82, 2.24) is 0 Å². The summed E-state index contributed by atoms with van der Waals surface area (Å²) in [5, 5.41) is 5.94. The first kappa shape index (κ1) is 14.4. The average molecular weight is 317 g/mol. The van der Waals surface area contributed by atoms with Gasteiger partial charge < -0.3 is 15.4 Å². The average Bonchev–Trinajstić information content (AvgIpc) is 2.48. The van der Waals surface area contributed by atoms with E-state index < -0.39 is 6.10 Å². The molecule has 3 rings (SSSR count). The molecule has 5 nitrogen and oxygen atoms in total. The van der Waals surface area contributed by atoms with E-state index >= 15 is 0 Å². The van der Waals surface area contributed by atoms with E-state index in [1.807, 2.05) is 0 Å². The molecule has 1 aliphatic heterocycles. The lowest BCUT2D eigenvalue weighted by atomic mass is 10.1.